The number of benzene rings is 3. The van der Waals surface area contributed by atoms with Gasteiger partial charge in [0, 0.05) is 11.4 Å². The molecule has 0 heterocycles. The Balaban J connectivity index is 1.75. The zero-order valence-corrected chi connectivity index (χ0v) is 19.4. The molecule has 3 rings (SSSR count). The Morgan fingerprint density at radius 3 is 2.00 bits per heavy atom. The average Bonchev–Trinajstić information content (AvgIpc) is 2.83. The van der Waals surface area contributed by atoms with Crippen molar-refractivity contribution in [2.45, 2.75) is 19.5 Å². The van der Waals surface area contributed by atoms with E-state index in [-0.39, 0.29) is 23.5 Å². The highest BCUT2D eigenvalue weighted by atomic mass is 19.3. The molecular formula is C26H22F4N2O5. The van der Waals surface area contributed by atoms with Crippen LogP contribution in [0.2, 0.25) is 0 Å². The molecule has 0 aromatic heterocycles. The number of hydrogen-bond donors (Lipinski definition) is 2. The number of nitrogen functional groups attached to an aromatic ring is 2. The number of alkyl halides is 4. The van der Waals surface area contributed by atoms with Gasteiger partial charge in [-0.15, -0.1) is 0 Å². The van der Waals surface area contributed by atoms with Crippen LogP contribution in [0.3, 0.4) is 0 Å². The van der Waals surface area contributed by atoms with Crippen LogP contribution in [0.5, 0.6) is 11.5 Å². The summed E-state index contributed by atoms with van der Waals surface area (Å²) in [5.74, 6) is -1.91. The third kappa shape index (κ3) is 7.23. The zero-order valence-electron chi connectivity index (χ0n) is 19.4. The van der Waals surface area contributed by atoms with Gasteiger partial charge in [-0.1, -0.05) is 12.1 Å². The molecule has 0 amide bonds. The van der Waals surface area contributed by atoms with Crippen LogP contribution in [0.1, 0.15) is 28.4 Å². The Labute approximate surface area is 209 Å². The van der Waals surface area contributed by atoms with Crippen molar-refractivity contribution < 1.29 is 41.4 Å². The molecule has 0 aliphatic carbocycles. The van der Waals surface area contributed by atoms with Gasteiger partial charge >= 0.3 is 24.5 Å². The van der Waals surface area contributed by atoms with E-state index in [9.17, 15) is 27.2 Å². The van der Waals surface area contributed by atoms with Gasteiger partial charge in [-0.05, 0) is 78.7 Å². The van der Waals surface area contributed by atoms with Crippen molar-refractivity contribution in [1.82, 2.24) is 0 Å². The largest absolute Gasteiger partial charge is 0.462 e. The maximum Gasteiger partial charge on any atom is 0.461 e. The minimum absolute atomic E-state index is 0.0226. The third-order valence-corrected chi connectivity index (χ3v) is 4.78. The quantitative estimate of drug-likeness (QED) is 0.0972. The summed E-state index contributed by atoms with van der Waals surface area (Å²) in [7, 11) is 0. The van der Waals surface area contributed by atoms with Crippen LogP contribution >= 0.6 is 0 Å². The zero-order chi connectivity index (χ0) is 27.2. The summed E-state index contributed by atoms with van der Waals surface area (Å²) in [5, 5.41) is 0. The smallest absolute Gasteiger partial charge is 0.461 e. The molecule has 11 heteroatoms. The number of carbonyl (C=O) groups is 2. The molecule has 0 atom stereocenters. The van der Waals surface area contributed by atoms with E-state index >= 15 is 0 Å². The normalized spacial score (nSPS) is 11.8. The van der Waals surface area contributed by atoms with Gasteiger partial charge < -0.3 is 25.7 Å². The Bertz CT molecular complexity index is 1270. The number of anilines is 2. The van der Waals surface area contributed by atoms with Crippen molar-refractivity contribution in [1.29, 1.82) is 0 Å². The van der Waals surface area contributed by atoms with Gasteiger partial charge in [0.15, 0.2) is 0 Å². The van der Waals surface area contributed by atoms with Gasteiger partial charge in [0.1, 0.15) is 11.5 Å². The van der Waals surface area contributed by atoms with Crippen LogP contribution < -0.4 is 20.9 Å². The van der Waals surface area contributed by atoms with E-state index in [4.69, 9.17) is 20.9 Å². The highest BCUT2D eigenvalue weighted by molar-refractivity contribution is 6.22. The van der Waals surface area contributed by atoms with Crippen LogP contribution in [0.15, 0.2) is 66.7 Å². The van der Waals surface area contributed by atoms with Crippen molar-refractivity contribution in [3.8, 4) is 11.5 Å². The number of hydrogen-bond acceptors (Lipinski definition) is 7. The van der Waals surface area contributed by atoms with E-state index in [0.717, 1.165) is 24.3 Å². The summed E-state index contributed by atoms with van der Waals surface area (Å²) in [6, 6.07) is 14.9. The van der Waals surface area contributed by atoms with Gasteiger partial charge in [-0.3, -0.25) is 0 Å². The van der Waals surface area contributed by atoms with Crippen molar-refractivity contribution in [3.05, 3.63) is 83.4 Å². The molecule has 0 aliphatic heterocycles. The van der Waals surface area contributed by atoms with Gasteiger partial charge in [0.05, 0.1) is 17.7 Å². The maximum absolute atomic E-state index is 13.0. The summed E-state index contributed by atoms with van der Waals surface area (Å²) in [4.78, 5) is 25.0. The Morgan fingerprint density at radius 1 is 0.892 bits per heavy atom. The molecule has 0 saturated carbocycles. The molecule has 0 radical (unpaired) electrons. The lowest BCUT2D eigenvalue weighted by Crippen LogP contribution is -2.33. The molecule has 0 fully saturated rings. The number of ether oxygens (including phenoxy) is 3. The SMILES string of the molecule is CCOC(=O)C(=Cc1ccc(C(=O)Oc2ccc(OC(F)(F)C(F)F)cc2)cc1)c1cc(N)cc(N)c1. The molecule has 194 valence electrons. The molecular weight excluding hydrogens is 496 g/mol. The minimum atomic E-state index is -4.65. The molecule has 0 aliphatic rings. The van der Waals surface area contributed by atoms with Gasteiger partial charge in [-0.25, -0.2) is 9.59 Å². The number of carbonyl (C=O) groups excluding carboxylic acids is 2. The van der Waals surface area contributed by atoms with E-state index in [0.29, 0.717) is 22.5 Å². The number of nitrogens with two attached hydrogens (primary N) is 2. The first-order valence-electron chi connectivity index (χ1n) is 10.8. The fourth-order valence-corrected chi connectivity index (χ4v) is 3.13. The monoisotopic (exact) mass is 518 g/mol. The number of esters is 2. The van der Waals surface area contributed by atoms with Crippen molar-refractivity contribution in [3.63, 3.8) is 0 Å². The maximum atomic E-state index is 13.0. The predicted molar refractivity (Wildman–Crippen MR) is 129 cm³/mol. The highest BCUT2D eigenvalue weighted by Gasteiger charge is 2.43. The van der Waals surface area contributed by atoms with Crippen LogP contribution in [0.4, 0.5) is 28.9 Å². The van der Waals surface area contributed by atoms with E-state index in [1.54, 1.807) is 43.3 Å². The van der Waals surface area contributed by atoms with Crippen LogP contribution in [-0.4, -0.2) is 31.1 Å². The first-order chi connectivity index (χ1) is 17.5. The standard InChI is InChI=1S/C26H22F4N2O5/c1-2-35-24(34)22(17-12-18(31)14-19(32)13-17)11-15-3-5-16(6-4-15)23(33)36-20-7-9-21(10-8-20)37-26(29,30)25(27)28/h3-14,25H,2,31-32H2,1H3. The Kier molecular flexibility index (Phi) is 8.38. The Morgan fingerprint density at radius 2 is 1.46 bits per heavy atom. The molecule has 3 aromatic rings. The lowest BCUT2D eigenvalue weighted by molar-refractivity contribution is -0.253. The highest BCUT2D eigenvalue weighted by Crippen LogP contribution is 2.29. The summed E-state index contributed by atoms with van der Waals surface area (Å²) in [5.41, 5.74) is 13.8. The summed E-state index contributed by atoms with van der Waals surface area (Å²) < 4.78 is 64.7. The second kappa shape index (κ2) is 11.5. The molecule has 0 saturated heterocycles. The molecule has 4 N–H and O–H groups in total. The first kappa shape index (κ1) is 27.1. The van der Waals surface area contributed by atoms with Crippen LogP contribution in [-0.2, 0) is 9.53 Å². The Hall–Kier alpha value is -4.54. The molecule has 37 heavy (non-hydrogen) atoms. The molecule has 0 unspecified atom stereocenters. The van der Waals surface area contributed by atoms with Crippen molar-refractivity contribution in [2.24, 2.45) is 0 Å². The van der Waals surface area contributed by atoms with E-state index in [1.807, 2.05) is 0 Å². The molecule has 3 aromatic carbocycles. The lowest BCUT2D eigenvalue weighted by atomic mass is 10.0. The fourth-order valence-electron chi connectivity index (χ4n) is 3.13. The third-order valence-electron chi connectivity index (χ3n) is 4.78. The summed E-state index contributed by atoms with van der Waals surface area (Å²) in [6.07, 6.45) is -7.10. The summed E-state index contributed by atoms with van der Waals surface area (Å²) in [6.45, 7) is 1.82. The number of halogens is 4. The van der Waals surface area contributed by atoms with Gasteiger partial charge in [0.2, 0.25) is 0 Å². The average molecular weight is 518 g/mol. The molecule has 0 bridgehead atoms. The van der Waals surface area contributed by atoms with Gasteiger partial charge in [-0.2, -0.15) is 17.6 Å². The minimum Gasteiger partial charge on any atom is -0.462 e. The lowest BCUT2D eigenvalue weighted by Gasteiger charge is -2.16. The first-order valence-corrected chi connectivity index (χ1v) is 10.8. The second-order valence-electron chi connectivity index (χ2n) is 7.61. The molecule has 0 spiro atoms. The van der Waals surface area contributed by atoms with Crippen LogP contribution in [0, 0.1) is 0 Å². The van der Waals surface area contributed by atoms with Crippen LogP contribution in [0.25, 0.3) is 11.6 Å². The van der Waals surface area contributed by atoms with E-state index < -0.39 is 30.2 Å². The second-order valence-corrected chi connectivity index (χ2v) is 7.61. The van der Waals surface area contributed by atoms with Crippen molar-refractivity contribution in [2.75, 3.05) is 18.1 Å². The van der Waals surface area contributed by atoms with E-state index in [2.05, 4.69) is 4.74 Å². The van der Waals surface area contributed by atoms with E-state index in [1.165, 1.54) is 12.1 Å². The predicted octanol–water partition coefficient (Wildman–Crippen LogP) is 5.41. The van der Waals surface area contributed by atoms with Gasteiger partial charge in [0.25, 0.3) is 0 Å². The topological polar surface area (TPSA) is 114 Å². The van der Waals surface area contributed by atoms with Crippen molar-refractivity contribution >= 4 is 35.0 Å². The molecule has 7 nitrogen and oxygen atoms in total. The fraction of sp³-hybridized carbons (Fsp3) is 0.154. The summed E-state index contributed by atoms with van der Waals surface area (Å²) >= 11 is 0. The number of rotatable bonds is 9.